The van der Waals surface area contributed by atoms with Gasteiger partial charge in [0, 0.05) is 18.5 Å². The molecule has 1 fully saturated rings. The summed E-state index contributed by atoms with van der Waals surface area (Å²) < 4.78 is 4.73. The molecule has 1 aliphatic rings. The molecule has 0 radical (unpaired) electrons. The second kappa shape index (κ2) is 9.44. The highest BCUT2D eigenvalue weighted by Crippen LogP contribution is 2.36. The van der Waals surface area contributed by atoms with Crippen molar-refractivity contribution in [3.8, 4) is 0 Å². The van der Waals surface area contributed by atoms with Crippen LogP contribution in [0.2, 0.25) is 0 Å². The maximum atomic E-state index is 11.3. The molecular weight excluding hydrogens is 370 g/mol. The highest BCUT2D eigenvalue weighted by Gasteiger charge is 2.27. The molecule has 0 aliphatic heterocycles. The van der Waals surface area contributed by atoms with Crippen LogP contribution < -0.4 is 5.32 Å². The Labute approximate surface area is 179 Å². The van der Waals surface area contributed by atoms with Crippen LogP contribution in [0.4, 0.5) is 0 Å². The normalized spacial score (nSPS) is 19.7. The molecule has 0 heterocycles. The van der Waals surface area contributed by atoms with E-state index in [4.69, 9.17) is 4.74 Å². The van der Waals surface area contributed by atoms with Crippen molar-refractivity contribution in [2.75, 3.05) is 7.11 Å². The molecule has 3 atom stereocenters. The van der Waals surface area contributed by atoms with Crippen molar-refractivity contribution in [3.63, 3.8) is 0 Å². The van der Waals surface area contributed by atoms with E-state index < -0.39 is 0 Å². The molecule has 0 aromatic heterocycles. The number of benzene rings is 3. The topological polar surface area (TPSA) is 38.3 Å². The Hall–Kier alpha value is -2.65. The molecule has 156 valence electrons. The lowest BCUT2D eigenvalue weighted by Gasteiger charge is -2.21. The third kappa shape index (κ3) is 4.73. The molecule has 0 amide bonds. The monoisotopic (exact) mass is 401 g/mol. The Morgan fingerprint density at radius 3 is 2.60 bits per heavy atom. The first-order chi connectivity index (χ1) is 14.6. The molecule has 0 saturated heterocycles. The SMILES string of the molecule is COC(=O)CCc1ccc([C@H]2CC[C@H](NC(C)c3cccc4ccccc34)C2)cc1. The fourth-order valence-corrected chi connectivity index (χ4v) is 4.81. The molecule has 0 bridgehead atoms. The van der Waals surface area contributed by atoms with Gasteiger partial charge in [0.2, 0.25) is 0 Å². The Balaban J connectivity index is 1.35. The first-order valence-corrected chi connectivity index (χ1v) is 11.0. The van der Waals surface area contributed by atoms with Crippen molar-refractivity contribution in [2.24, 2.45) is 0 Å². The minimum Gasteiger partial charge on any atom is -0.469 e. The molecule has 3 nitrogen and oxygen atoms in total. The van der Waals surface area contributed by atoms with Gasteiger partial charge in [0.25, 0.3) is 0 Å². The predicted molar refractivity (Wildman–Crippen MR) is 123 cm³/mol. The van der Waals surface area contributed by atoms with E-state index in [-0.39, 0.29) is 5.97 Å². The van der Waals surface area contributed by atoms with Gasteiger partial charge in [-0.2, -0.15) is 0 Å². The molecular formula is C27H31NO2. The second-order valence-corrected chi connectivity index (χ2v) is 8.48. The minimum absolute atomic E-state index is 0.149. The summed E-state index contributed by atoms with van der Waals surface area (Å²) in [5.74, 6) is 0.459. The zero-order chi connectivity index (χ0) is 20.9. The largest absolute Gasteiger partial charge is 0.469 e. The number of fused-ring (bicyclic) bond motifs is 1. The number of carbonyl (C=O) groups excluding carboxylic acids is 1. The van der Waals surface area contributed by atoms with Gasteiger partial charge in [-0.1, -0.05) is 66.7 Å². The van der Waals surface area contributed by atoms with Gasteiger partial charge in [-0.3, -0.25) is 4.79 Å². The van der Waals surface area contributed by atoms with Crippen LogP contribution in [0.3, 0.4) is 0 Å². The predicted octanol–water partition coefficient (Wildman–Crippen LogP) is 5.93. The summed E-state index contributed by atoms with van der Waals surface area (Å²) in [6, 6.07) is 24.9. The second-order valence-electron chi connectivity index (χ2n) is 8.48. The van der Waals surface area contributed by atoms with E-state index in [2.05, 4.69) is 79.0 Å². The number of rotatable bonds is 7. The lowest BCUT2D eigenvalue weighted by atomic mass is 9.95. The maximum Gasteiger partial charge on any atom is 0.305 e. The fourth-order valence-electron chi connectivity index (χ4n) is 4.81. The summed E-state index contributed by atoms with van der Waals surface area (Å²) in [6.07, 6.45) is 4.80. The van der Waals surface area contributed by atoms with Crippen molar-refractivity contribution in [1.82, 2.24) is 5.32 Å². The van der Waals surface area contributed by atoms with Gasteiger partial charge in [-0.05, 0) is 66.0 Å². The van der Waals surface area contributed by atoms with Gasteiger partial charge < -0.3 is 10.1 Å². The molecule has 1 saturated carbocycles. The van der Waals surface area contributed by atoms with Gasteiger partial charge >= 0.3 is 5.97 Å². The number of methoxy groups -OCH3 is 1. The van der Waals surface area contributed by atoms with Crippen LogP contribution in [0.15, 0.2) is 66.7 Å². The lowest BCUT2D eigenvalue weighted by Crippen LogP contribution is -2.29. The highest BCUT2D eigenvalue weighted by atomic mass is 16.5. The Kier molecular flexibility index (Phi) is 6.49. The Morgan fingerprint density at radius 1 is 1.03 bits per heavy atom. The average Bonchev–Trinajstić information content (AvgIpc) is 3.25. The summed E-state index contributed by atoms with van der Waals surface area (Å²) in [5, 5.41) is 6.54. The first kappa shape index (κ1) is 20.6. The van der Waals surface area contributed by atoms with Crippen LogP contribution in [0, 0.1) is 0 Å². The van der Waals surface area contributed by atoms with Crippen LogP contribution in [-0.4, -0.2) is 19.1 Å². The number of esters is 1. The van der Waals surface area contributed by atoms with E-state index in [1.54, 1.807) is 0 Å². The van der Waals surface area contributed by atoms with Crippen LogP contribution in [0.5, 0.6) is 0 Å². The number of nitrogens with one attached hydrogen (secondary N) is 1. The van der Waals surface area contributed by atoms with Gasteiger partial charge in [-0.15, -0.1) is 0 Å². The Morgan fingerprint density at radius 2 is 1.80 bits per heavy atom. The lowest BCUT2D eigenvalue weighted by molar-refractivity contribution is -0.140. The van der Waals surface area contributed by atoms with E-state index in [1.807, 2.05) is 0 Å². The van der Waals surface area contributed by atoms with Crippen molar-refractivity contribution in [2.45, 2.75) is 57.0 Å². The van der Waals surface area contributed by atoms with E-state index >= 15 is 0 Å². The molecule has 3 heteroatoms. The first-order valence-electron chi connectivity index (χ1n) is 11.0. The maximum absolute atomic E-state index is 11.3. The molecule has 3 aromatic carbocycles. The molecule has 1 aliphatic carbocycles. The molecule has 4 rings (SSSR count). The number of carbonyl (C=O) groups is 1. The summed E-state index contributed by atoms with van der Waals surface area (Å²) in [5.41, 5.74) is 3.99. The minimum atomic E-state index is -0.149. The van der Waals surface area contributed by atoms with Gasteiger partial charge in [0.05, 0.1) is 7.11 Å². The van der Waals surface area contributed by atoms with E-state index in [1.165, 1.54) is 53.8 Å². The van der Waals surface area contributed by atoms with E-state index in [0.29, 0.717) is 24.4 Å². The number of aryl methyl sites for hydroxylation is 1. The molecule has 0 spiro atoms. The number of hydrogen-bond acceptors (Lipinski definition) is 3. The van der Waals surface area contributed by atoms with Crippen molar-refractivity contribution < 1.29 is 9.53 Å². The summed E-state index contributed by atoms with van der Waals surface area (Å²) in [6.45, 7) is 2.28. The van der Waals surface area contributed by atoms with Crippen LogP contribution in [-0.2, 0) is 16.0 Å². The average molecular weight is 402 g/mol. The van der Waals surface area contributed by atoms with Gasteiger partial charge in [0.15, 0.2) is 0 Å². The molecule has 3 aromatic rings. The zero-order valence-corrected chi connectivity index (χ0v) is 17.9. The van der Waals surface area contributed by atoms with Gasteiger partial charge in [0.1, 0.15) is 0 Å². The quantitative estimate of drug-likeness (QED) is 0.499. The van der Waals surface area contributed by atoms with Crippen molar-refractivity contribution in [1.29, 1.82) is 0 Å². The smallest absolute Gasteiger partial charge is 0.305 e. The van der Waals surface area contributed by atoms with Crippen LogP contribution in [0.25, 0.3) is 10.8 Å². The Bertz CT molecular complexity index is 990. The zero-order valence-electron chi connectivity index (χ0n) is 17.9. The van der Waals surface area contributed by atoms with E-state index in [0.717, 1.165) is 6.42 Å². The third-order valence-electron chi connectivity index (χ3n) is 6.50. The summed E-state index contributed by atoms with van der Waals surface area (Å²) in [4.78, 5) is 11.3. The summed E-state index contributed by atoms with van der Waals surface area (Å²) in [7, 11) is 1.44. The molecule has 1 N–H and O–H groups in total. The molecule has 30 heavy (non-hydrogen) atoms. The van der Waals surface area contributed by atoms with Crippen LogP contribution >= 0.6 is 0 Å². The summed E-state index contributed by atoms with van der Waals surface area (Å²) >= 11 is 0. The van der Waals surface area contributed by atoms with E-state index in [9.17, 15) is 4.79 Å². The van der Waals surface area contributed by atoms with Gasteiger partial charge in [-0.25, -0.2) is 0 Å². The van der Waals surface area contributed by atoms with Crippen molar-refractivity contribution in [3.05, 3.63) is 83.4 Å². The number of ether oxygens (including phenoxy) is 1. The number of hydrogen-bond donors (Lipinski definition) is 1. The van der Waals surface area contributed by atoms with Crippen molar-refractivity contribution >= 4 is 16.7 Å². The van der Waals surface area contributed by atoms with Crippen LogP contribution in [0.1, 0.15) is 61.3 Å². The highest BCUT2D eigenvalue weighted by molar-refractivity contribution is 5.86. The fraction of sp³-hybridized carbons (Fsp3) is 0.370. The third-order valence-corrected chi connectivity index (χ3v) is 6.50. The standard InChI is InChI=1S/C27H31NO2/c1-19(25-9-5-7-22-6-3-4-8-26(22)25)28-24-16-15-23(18-24)21-13-10-20(11-14-21)12-17-27(29)30-2/h3-11,13-14,19,23-24,28H,12,15-18H2,1-2H3/t19?,23-,24-/m0/s1. The molecule has 1 unspecified atom stereocenters.